The molecule has 7 heteroatoms. The van der Waals surface area contributed by atoms with E-state index in [4.69, 9.17) is 22.1 Å². The maximum Gasteiger partial charge on any atom is 0.266 e. The Balaban J connectivity index is 1.73. The van der Waals surface area contributed by atoms with Crippen LogP contribution >= 0.6 is 24.0 Å². The lowest BCUT2D eigenvalue weighted by molar-refractivity contribution is -0.122. The topological polar surface area (TPSA) is 47.4 Å². The van der Waals surface area contributed by atoms with Gasteiger partial charge in [-0.1, -0.05) is 55.5 Å². The first-order valence-electron chi connectivity index (χ1n) is 10.7. The molecule has 2 heterocycles. The fourth-order valence-corrected chi connectivity index (χ4v) is 4.76. The van der Waals surface area contributed by atoms with Crippen molar-refractivity contribution < 1.29 is 9.53 Å². The van der Waals surface area contributed by atoms with Crippen molar-refractivity contribution in [1.82, 2.24) is 14.7 Å². The predicted molar refractivity (Wildman–Crippen MR) is 135 cm³/mol. The summed E-state index contributed by atoms with van der Waals surface area (Å²) in [5.74, 6) is 0.788. The van der Waals surface area contributed by atoms with Crippen LogP contribution in [0.3, 0.4) is 0 Å². The van der Waals surface area contributed by atoms with Gasteiger partial charge in [-0.25, -0.2) is 4.68 Å². The third-order valence-electron chi connectivity index (χ3n) is 5.10. The molecule has 4 rings (SSSR count). The van der Waals surface area contributed by atoms with E-state index in [-0.39, 0.29) is 5.91 Å². The minimum atomic E-state index is -0.0291. The van der Waals surface area contributed by atoms with Crippen LogP contribution in [0, 0.1) is 0 Å². The molecule has 0 aliphatic carbocycles. The van der Waals surface area contributed by atoms with Gasteiger partial charge in [0.05, 0.1) is 22.9 Å². The van der Waals surface area contributed by atoms with Crippen molar-refractivity contribution in [3.8, 4) is 22.7 Å². The van der Waals surface area contributed by atoms with Crippen molar-refractivity contribution in [2.75, 3.05) is 13.2 Å². The third kappa shape index (κ3) is 4.79. The van der Waals surface area contributed by atoms with Crippen LogP contribution in [0.2, 0.25) is 0 Å². The number of thiocarbonyl (C=S) groups is 1. The van der Waals surface area contributed by atoms with Gasteiger partial charge in [0, 0.05) is 23.9 Å². The van der Waals surface area contributed by atoms with E-state index in [0.717, 1.165) is 41.1 Å². The number of hydrogen-bond donors (Lipinski definition) is 0. The first-order valence-corrected chi connectivity index (χ1v) is 12.0. The Morgan fingerprint density at radius 1 is 1.09 bits per heavy atom. The highest BCUT2D eigenvalue weighted by Gasteiger charge is 2.31. The number of unbranched alkanes of at least 4 members (excludes halogenated alkanes) is 1. The molecule has 1 aliphatic heterocycles. The Kier molecular flexibility index (Phi) is 7.07. The SMILES string of the molecule is CCCCN1C(=O)C(=Cc2cn(-c3ccccc3)nc2-c2ccc(OCC)cc2)SC1=S. The van der Waals surface area contributed by atoms with Crippen molar-refractivity contribution in [2.24, 2.45) is 0 Å². The number of ether oxygens (including phenoxy) is 1. The summed E-state index contributed by atoms with van der Waals surface area (Å²) in [4.78, 5) is 15.3. The van der Waals surface area contributed by atoms with E-state index in [1.54, 1.807) is 4.90 Å². The number of hydrogen-bond acceptors (Lipinski definition) is 5. The summed E-state index contributed by atoms with van der Waals surface area (Å²) in [5, 5.41) is 4.85. The van der Waals surface area contributed by atoms with E-state index in [0.29, 0.717) is 22.4 Å². The second kappa shape index (κ2) is 10.1. The number of para-hydroxylation sites is 1. The van der Waals surface area contributed by atoms with Crippen LogP contribution < -0.4 is 4.74 Å². The molecule has 164 valence electrons. The van der Waals surface area contributed by atoms with E-state index < -0.39 is 0 Å². The van der Waals surface area contributed by atoms with E-state index in [2.05, 4.69) is 6.92 Å². The number of nitrogens with zero attached hydrogens (tertiary/aromatic N) is 3. The molecule has 32 heavy (non-hydrogen) atoms. The van der Waals surface area contributed by atoms with Crippen molar-refractivity contribution >= 4 is 40.3 Å². The highest BCUT2D eigenvalue weighted by Crippen LogP contribution is 2.35. The third-order valence-corrected chi connectivity index (χ3v) is 6.48. The average molecular weight is 464 g/mol. The van der Waals surface area contributed by atoms with E-state index >= 15 is 0 Å². The average Bonchev–Trinajstić information content (AvgIpc) is 3.35. The summed E-state index contributed by atoms with van der Waals surface area (Å²) in [6, 6.07) is 17.8. The smallest absolute Gasteiger partial charge is 0.266 e. The van der Waals surface area contributed by atoms with Crippen LogP contribution in [-0.2, 0) is 4.79 Å². The van der Waals surface area contributed by atoms with Gasteiger partial charge in [0.1, 0.15) is 10.1 Å². The van der Waals surface area contributed by atoms with Crippen molar-refractivity contribution in [2.45, 2.75) is 26.7 Å². The maximum absolute atomic E-state index is 13.0. The second-order valence-electron chi connectivity index (χ2n) is 7.36. The van der Waals surface area contributed by atoms with Gasteiger partial charge in [-0.2, -0.15) is 5.10 Å². The number of benzene rings is 2. The summed E-state index contributed by atoms with van der Waals surface area (Å²) >= 11 is 6.82. The minimum Gasteiger partial charge on any atom is -0.494 e. The number of thioether (sulfide) groups is 1. The number of amides is 1. The molecule has 2 aromatic carbocycles. The van der Waals surface area contributed by atoms with Crippen molar-refractivity contribution in [3.63, 3.8) is 0 Å². The zero-order valence-corrected chi connectivity index (χ0v) is 19.8. The monoisotopic (exact) mass is 463 g/mol. The molecule has 1 aliphatic rings. The van der Waals surface area contributed by atoms with Crippen LogP contribution in [0.4, 0.5) is 0 Å². The van der Waals surface area contributed by atoms with Gasteiger partial charge in [-0.15, -0.1) is 0 Å². The molecule has 0 atom stereocenters. The van der Waals surface area contributed by atoms with Crippen LogP contribution in [0.15, 0.2) is 65.7 Å². The molecule has 0 N–H and O–H groups in total. The zero-order valence-electron chi connectivity index (χ0n) is 18.2. The molecule has 3 aromatic rings. The molecule has 0 unspecified atom stereocenters. The first-order chi connectivity index (χ1) is 15.6. The van der Waals surface area contributed by atoms with Gasteiger partial charge < -0.3 is 4.74 Å². The Hall–Kier alpha value is -2.90. The first kappa shape index (κ1) is 22.3. The summed E-state index contributed by atoms with van der Waals surface area (Å²) in [6.07, 6.45) is 5.81. The highest BCUT2D eigenvalue weighted by atomic mass is 32.2. The standard InChI is InChI=1S/C25H25N3O2S2/c1-3-5-15-27-24(29)22(32-25(27)31)16-19-17-28(20-9-7-6-8-10-20)26-23(19)18-11-13-21(14-12-18)30-4-2/h6-14,16-17H,3-5,15H2,1-2H3. The van der Waals surface area contributed by atoms with Gasteiger partial charge >= 0.3 is 0 Å². The normalized spacial score (nSPS) is 15.1. The van der Waals surface area contributed by atoms with Crippen molar-refractivity contribution in [3.05, 3.63) is 71.3 Å². The highest BCUT2D eigenvalue weighted by molar-refractivity contribution is 8.26. The lowest BCUT2D eigenvalue weighted by Crippen LogP contribution is -2.28. The molecule has 0 saturated carbocycles. The molecule has 1 fully saturated rings. The largest absolute Gasteiger partial charge is 0.494 e. The van der Waals surface area contributed by atoms with E-state index in [1.165, 1.54) is 11.8 Å². The molecule has 0 spiro atoms. The quantitative estimate of drug-likeness (QED) is 0.306. The lowest BCUT2D eigenvalue weighted by Gasteiger charge is -2.12. The number of aromatic nitrogens is 2. The summed E-state index contributed by atoms with van der Waals surface area (Å²) in [5.41, 5.74) is 3.58. The molecule has 1 amide bonds. The van der Waals surface area contributed by atoms with Crippen LogP contribution in [0.5, 0.6) is 5.75 Å². The fourth-order valence-electron chi connectivity index (χ4n) is 3.46. The van der Waals surface area contributed by atoms with Gasteiger partial charge in [0.2, 0.25) is 0 Å². The van der Waals surface area contributed by atoms with Gasteiger partial charge in [0.15, 0.2) is 0 Å². The number of rotatable bonds is 8. The van der Waals surface area contributed by atoms with Gasteiger partial charge in [-0.3, -0.25) is 9.69 Å². The Bertz CT molecular complexity index is 1140. The van der Waals surface area contributed by atoms with Crippen LogP contribution in [0.25, 0.3) is 23.0 Å². The van der Waals surface area contributed by atoms with Crippen molar-refractivity contribution in [1.29, 1.82) is 0 Å². The Morgan fingerprint density at radius 3 is 2.53 bits per heavy atom. The molecular weight excluding hydrogens is 438 g/mol. The summed E-state index contributed by atoms with van der Waals surface area (Å²) < 4.78 is 8.03. The van der Waals surface area contributed by atoms with Gasteiger partial charge in [0.25, 0.3) is 5.91 Å². The maximum atomic E-state index is 13.0. The molecule has 0 radical (unpaired) electrons. The zero-order chi connectivity index (χ0) is 22.5. The fraction of sp³-hybridized carbons (Fsp3) is 0.240. The molecule has 1 saturated heterocycles. The van der Waals surface area contributed by atoms with E-state index in [1.807, 2.05) is 78.5 Å². The predicted octanol–water partition coefficient (Wildman–Crippen LogP) is 5.94. The Morgan fingerprint density at radius 2 is 1.84 bits per heavy atom. The molecule has 5 nitrogen and oxygen atoms in total. The van der Waals surface area contributed by atoms with Crippen LogP contribution in [0.1, 0.15) is 32.3 Å². The lowest BCUT2D eigenvalue weighted by atomic mass is 10.1. The Labute approximate surface area is 198 Å². The molecule has 1 aromatic heterocycles. The van der Waals surface area contributed by atoms with Gasteiger partial charge in [-0.05, 0) is 55.8 Å². The van der Waals surface area contributed by atoms with Crippen LogP contribution in [-0.4, -0.2) is 38.1 Å². The molecule has 0 bridgehead atoms. The summed E-state index contributed by atoms with van der Waals surface area (Å²) in [6.45, 7) is 5.35. The summed E-state index contributed by atoms with van der Waals surface area (Å²) in [7, 11) is 0. The van der Waals surface area contributed by atoms with E-state index in [9.17, 15) is 4.79 Å². The second-order valence-corrected chi connectivity index (χ2v) is 9.03. The number of carbonyl (C=O) groups excluding carboxylic acids is 1. The molecular formula is C25H25N3O2S2. The number of carbonyl (C=O) groups is 1. The minimum absolute atomic E-state index is 0.0291.